The Morgan fingerprint density at radius 1 is 0.884 bits per heavy atom. The van der Waals surface area contributed by atoms with Crippen LogP contribution in [0.3, 0.4) is 0 Å². The normalized spacial score (nSPS) is 15.7. The number of thiazole rings is 1. The second-order valence-corrected chi connectivity index (χ2v) is 12.3. The van der Waals surface area contributed by atoms with Crippen molar-refractivity contribution in [3.8, 4) is 0 Å². The third-order valence-electron chi connectivity index (χ3n) is 7.66. The van der Waals surface area contributed by atoms with Crippen LogP contribution in [0.15, 0.2) is 54.0 Å². The summed E-state index contributed by atoms with van der Waals surface area (Å²) in [4.78, 5) is 69.7. The van der Waals surface area contributed by atoms with Gasteiger partial charge in [-0.15, -0.1) is 11.3 Å². The van der Waals surface area contributed by atoms with Crippen molar-refractivity contribution in [1.29, 1.82) is 0 Å². The van der Waals surface area contributed by atoms with Gasteiger partial charge < -0.3 is 21.3 Å². The first-order valence-electron chi connectivity index (χ1n) is 14.8. The van der Waals surface area contributed by atoms with Gasteiger partial charge >= 0.3 is 0 Å². The second-order valence-electron chi connectivity index (χ2n) is 11.4. The molecule has 0 aliphatic heterocycles. The number of rotatable bonds is 12. The molecular weight excluding hydrogens is 566 g/mol. The molecule has 1 saturated carbocycles. The van der Waals surface area contributed by atoms with E-state index in [4.69, 9.17) is 0 Å². The van der Waals surface area contributed by atoms with Crippen LogP contribution in [0.2, 0.25) is 0 Å². The van der Waals surface area contributed by atoms with Crippen LogP contribution in [0.4, 0.5) is 0 Å². The summed E-state index contributed by atoms with van der Waals surface area (Å²) in [7, 11) is 0. The van der Waals surface area contributed by atoms with Gasteiger partial charge in [0.15, 0.2) is 0 Å². The van der Waals surface area contributed by atoms with Crippen molar-refractivity contribution >= 4 is 51.0 Å². The second kappa shape index (κ2) is 14.9. The van der Waals surface area contributed by atoms with Gasteiger partial charge in [0.05, 0.1) is 21.8 Å². The summed E-state index contributed by atoms with van der Waals surface area (Å²) in [6.45, 7) is 4.99. The molecule has 1 aliphatic rings. The van der Waals surface area contributed by atoms with E-state index in [1.165, 1.54) is 18.3 Å². The highest BCUT2D eigenvalue weighted by molar-refractivity contribution is 7.16. The van der Waals surface area contributed by atoms with Gasteiger partial charge in [-0.25, -0.2) is 4.98 Å². The van der Waals surface area contributed by atoms with E-state index >= 15 is 0 Å². The molecule has 1 aliphatic carbocycles. The summed E-state index contributed by atoms with van der Waals surface area (Å²) >= 11 is 1.41. The Bertz CT molecular complexity index is 1450. The van der Waals surface area contributed by atoms with E-state index in [-0.39, 0.29) is 18.4 Å². The van der Waals surface area contributed by atoms with Crippen LogP contribution in [0, 0.1) is 5.92 Å². The van der Waals surface area contributed by atoms with E-state index < -0.39 is 47.5 Å². The highest BCUT2D eigenvalue weighted by atomic mass is 32.1. The van der Waals surface area contributed by atoms with Crippen LogP contribution < -0.4 is 21.3 Å². The van der Waals surface area contributed by atoms with Crippen molar-refractivity contribution in [2.75, 3.05) is 0 Å². The van der Waals surface area contributed by atoms with Gasteiger partial charge in [-0.05, 0) is 49.4 Å². The average molecular weight is 606 g/mol. The zero-order valence-electron chi connectivity index (χ0n) is 24.7. The number of ketones is 1. The molecule has 0 bridgehead atoms. The van der Waals surface area contributed by atoms with Crippen molar-refractivity contribution in [1.82, 2.24) is 26.3 Å². The topological polar surface area (TPSA) is 146 Å². The summed E-state index contributed by atoms with van der Waals surface area (Å²) in [6.07, 6.45) is 5.00. The van der Waals surface area contributed by atoms with Crippen LogP contribution in [-0.2, 0) is 25.6 Å². The molecule has 2 aromatic carbocycles. The first kappa shape index (κ1) is 31.8. The van der Waals surface area contributed by atoms with Gasteiger partial charge in [-0.2, -0.15) is 0 Å². The van der Waals surface area contributed by atoms with Crippen LogP contribution in [0.25, 0.3) is 10.2 Å². The number of nitrogens with one attached hydrogen (secondary N) is 4. The lowest BCUT2D eigenvalue weighted by Crippen LogP contribution is -2.57. The maximum absolute atomic E-state index is 13.4. The molecule has 3 atom stereocenters. The lowest BCUT2D eigenvalue weighted by atomic mass is 9.94. The third-order valence-corrected chi connectivity index (χ3v) is 8.45. The molecular formula is C32H39N5O5S. The molecule has 0 spiro atoms. The Morgan fingerprint density at radius 3 is 2.30 bits per heavy atom. The SMILES string of the molecule is CC(C)[C@H](NC(=O)[C@H](C)NC(=O)[C@H](Cc1ccccc1)NC(=O)c1ccc2ncsc2c1)C(=O)C(=O)NC1CCCCC1. The van der Waals surface area contributed by atoms with Crippen LogP contribution in [0.1, 0.15) is 68.8 Å². The van der Waals surface area contributed by atoms with E-state index in [1.54, 1.807) is 37.6 Å². The minimum absolute atomic E-state index is 0.0347. The minimum Gasteiger partial charge on any atom is -0.347 e. The highest BCUT2D eigenvalue weighted by Crippen LogP contribution is 2.20. The predicted octanol–water partition coefficient (Wildman–Crippen LogP) is 3.30. The maximum Gasteiger partial charge on any atom is 0.289 e. The number of hydrogen-bond donors (Lipinski definition) is 4. The first-order valence-corrected chi connectivity index (χ1v) is 15.6. The Hall–Kier alpha value is -4.12. The largest absolute Gasteiger partial charge is 0.347 e. The monoisotopic (exact) mass is 605 g/mol. The van der Waals surface area contributed by atoms with Gasteiger partial charge in [0.1, 0.15) is 12.1 Å². The number of nitrogens with zero attached hydrogens (tertiary/aromatic N) is 1. The van der Waals surface area contributed by atoms with Crippen LogP contribution in [0.5, 0.6) is 0 Å². The Labute approximate surface area is 255 Å². The fourth-order valence-corrected chi connectivity index (χ4v) is 5.85. The predicted molar refractivity (Wildman–Crippen MR) is 165 cm³/mol. The fourth-order valence-electron chi connectivity index (χ4n) is 5.13. The summed E-state index contributed by atoms with van der Waals surface area (Å²) in [5.74, 6) is -3.35. The summed E-state index contributed by atoms with van der Waals surface area (Å²) in [5.41, 5.74) is 3.70. The van der Waals surface area contributed by atoms with Gasteiger partial charge in [0, 0.05) is 18.0 Å². The molecule has 10 nitrogen and oxygen atoms in total. The van der Waals surface area contributed by atoms with Crippen molar-refractivity contribution < 1.29 is 24.0 Å². The molecule has 4 N–H and O–H groups in total. The molecule has 43 heavy (non-hydrogen) atoms. The Morgan fingerprint density at radius 2 is 1.60 bits per heavy atom. The molecule has 228 valence electrons. The molecule has 1 aromatic heterocycles. The number of hydrogen-bond acceptors (Lipinski definition) is 7. The fraction of sp³-hybridized carbons (Fsp3) is 0.438. The standard InChI is InChI=1S/C32H39N5O5S/c1-19(2)27(28(38)32(42)35-23-12-8-5-9-13-23)37-29(39)20(3)34-31(41)25(16-21-10-6-4-7-11-21)36-30(40)22-14-15-24-26(17-22)43-18-33-24/h4,6-7,10-11,14-15,17-20,23,25,27H,5,8-9,12-13,16H2,1-3H3,(H,34,41)(H,35,42)(H,36,40)(H,37,39)/t20-,25-,27-/m0/s1. The number of carbonyl (C=O) groups is 5. The number of amides is 4. The number of aromatic nitrogens is 1. The van der Waals surface area contributed by atoms with E-state index in [0.717, 1.165) is 47.9 Å². The van der Waals surface area contributed by atoms with Crippen molar-refractivity contribution in [3.05, 3.63) is 65.2 Å². The van der Waals surface area contributed by atoms with Crippen LogP contribution in [-0.4, -0.2) is 58.6 Å². The molecule has 0 radical (unpaired) electrons. The number of fused-ring (bicyclic) bond motifs is 1. The van der Waals surface area contributed by atoms with E-state index in [2.05, 4.69) is 26.3 Å². The van der Waals surface area contributed by atoms with Gasteiger partial charge in [-0.1, -0.05) is 63.4 Å². The average Bonchev–Trinajstić information content (AvgIpc) is 3.48. The third kappa shape index (κ3) is 8.70. The lowest BCUT2D eigenvalue weighted by molar-refractivity contribution is -0.141. The molecule has 0 saturated heterocycles. The van der Waals surface area contributed by atoms with Gasteiger partial charge in [-0.3, -0.25) is 24.0 Å². The van der Waals surface area contributed by atoms with E-state index in [9.17, 15) is 24.0 Å². The van der Waals surface area contributed by atoms with E-state index in [0.29, 0.717) is 5.56 Å². The van der Waals surface area contributed by atoms with Crippen molar-refractivity contribution in [2.45, 2.75) is 83.5 Å². The minimum atomic E-state index is -1.04. The maximum atomic E-state index is 13.4. The highest BCUT2D eigenvalue weighted by Gasteiger charge is 2.33. The number of carbonyl (C=O) groups excluding carboxylic acids is 5. The van der Waals surface area contributed by atoms with E-state index in [1.807, 2.05) is 30.3 Å². The zero-order chi connectivity index (χ0) is 30.9. The quantitative estimate of drug-likeness (QED) is 0.233. The molecule has 4 rings (SSSR count). The number of benzene rings is 2. The molecule has 0 unspecified atom stereocenters. The Balaban J connectivity index is 1.41. The first-order chi connectivity index (χ1) is 20.6. The Kier molecular flexibility index (Phi) is 11.0. The molecule has 3 aromatic rings. The van der Waals surface area contributed by atoms with Crippen molar-refractivity contribution in [3.63, 3.8) is 0 Å². The summed E-state index contributed by atoms with van der Waals surface area (Å²) in [6, 6.07) is 11.3. The van der Waals surface area contributed by atoms with Gasteiger partial charge in [0.25, 0.3) is 11.8 Å². The van der Waals surface area contributed by atoms with Gasteiger partial charge in [0.2, 0.25) is 17.6 Å². The van der Waals surface area contributed by atoms with Crippen LogP contribution >= 0.6 is 11.3 Å². The molecule has 11 heteroatoms. The zero-order valence-corrected chi connectivity index (χ0v) is 25.5. The molecule has 1 heterocycles. The smallest absolute Gasteiger partial charge is 0.289 e. The van der Waals surface area contributed by atoms with Crippen molar-refractivity contribution in [2.24, 2.45) is 5.92 Å². The molecule has 1 fully saturated rings. The number of Topliss-reactive ketones (excluding diaryl/α,β-unsaturated/α-hetero) is 1. The lowest BCUT2D eigenvalue weighted by Gasteiger charge is -2.26. The summed E-state index contributed by atoms with van der Waals surface area (Å²) in [5, 5.41) is 11.0. The summed E-state index contributed by atoms with van der Waals surface area (Å²) < 4.78 is 0.851. The molecule has 4 amide bonds.